The minimum atomic E-state index is -1.07. The molecule has 0 aromatic heterocycles. The average molecular weight is 285 g/mol. The Balaban J connectivity index is 1.63. The van der Waals surface area contributed by atoms with Crippen LogP contribution in [0, 0.1) is 5.92 Å². The molecule has 1 saturated carbocycles. The zero-order valence-electron chi connectivity index (χ0n) is 11.1. The van der Waals surface area contributed by atoms with Gasteiger partial charge in [-0.2, -0.15) is 0 Å². The van der Waals surface area contributed by atoms with Crippen LogP contribution in [0.4, 0.5) is 4.79 Å². The maximum Gasteiger partial charge on any atom is 0.334 e. The Kier molecular flexibility index (Phi) is 4.78. The Morgan fingerprint density at radius 3 is 2.55 bits per heavy atom. The number of morpholine rings is 1. The highest BCUT2D eigenvalue weighted by atomic mass is 16.5. The van der Waals surface area contributed by atoms with Gasteiger partial charge >= 0.3 is 12.0 Å². The number of carboxylic acid groups (broad SMARTS) is 1. The van der Waals surface area contributed by atoms with Crippen LogP contribution in [0.1, 0.15) is 12.8 Å². The van der Waals surface area contributed by atoms with Gasteiger partial charge in [-0.05, 0) is 12.8 Å². The van der Waals surface area contributed by atoms with E-state index in [2.05, 4.69) is 10.6 Å². The molecule has 2 rings (SSSR count). The standard InChI is InChI=1S/C12H19N3O5/c16-10(8-1-2-8)13-3-4-14-12(19)15-5-6-20-9(7-15)11(17)18/h8-9H,1-7H2,(H,13,16)(H,14,19)(H,17,18). The molecule has 1 aliphatic carbocycles. The lowest BCUT2D eigenvalue weighted by molar-refractivity contribution is -0.154. The van der Waals surface area contributed by atoms with Crippen LogP contribution in [-0.4, -0.2) is 66.8 Å². The van der Waals surface area contributed by atoms with Crippen molar-refractivity contribution in [3.05, 3.63) is 0 Å². The lowest BCUT2D eigenvalue weighted by Gasteiger charge is -2.30. The van der Waals surface area contributed by atoms with Gasteiger partial charge in [0.25, 0.3) is 0 Å². The van der Waals surface area contributed by atoms with Crippen LogP contribution in [0.2, 0.25) is 0 Å². The number of ether oxygens (including phenoxy) is 1. The Morgan fingerprint density at radius 2 is 1.90 bits per heavy atom. The smallest absolute Gasteiger partial charge is 0.334 e. The first-order chi connectivity index (χ1) is 9.58. The van der Waals surface area contributed by atoms with E-state index in [0.717, 1.165) is 12.8 Å². The molecule has 1 unspecified atom stereocenters. The highest BCUT2D eigenvalue weighted by Crippen LogP contribution is 2.28. The fourth-order valence-electron chi connectivity index (χ4n) is 1.94. The van der Waals surface area contributed by atoms with Crippen molar-refractivity contribution in [1.82, 2.24) is 15.5 Å². The molecule has 0 aromatic rings. The van der Waals surface area contributed by atoms with E-state index in [-0.39, 0.29) is 31.0 Å². The average Bonchev–Trinajstić information content (AvgIpc) is 3.27. The molecule has 1 heterocycles. The van der Waals surface area contributed by atoms with Crippen molar-refractivity contribution in [2.75, 3.05) is 32.8 Å². The van der Waals surface area contributed by atoms with Crippen molar-refractivity contribution in [2.45, 2.75) is 18.9 Å². The largest absolute Gasteiger partial charge is 0.479 e. The molecule has 8 nitrogen and oxygen atoms in total. The van der Waals surface area contributed by atoms with Gasteiger partial charge in [0, 0.05) is 25.6 Å². The predicted molar refractivity (Wildman–Crippen MR) is 68.1 cm³/mol. The number of carboxylic acids is 1. The molecule has 3 amide bonds. The van der Waals surface area contributed by atoms with Gasteiger partial charge in [0.05, 0.1) is 13.2 Å². The maximum absolute atomic E-state index is 11.8. The van der Waals surface area contributed by atoms with E-state index in [0.29, 0.717) is 19.6 Å². The van der Waals surface area contributed by atoms with Gasteiger partial charge in [0.2, 0.25) is 5.91 Å². The molecule has 0 radical (unpaired) electrons. The molecule has 0 aromatic carbocycles. The Bertz CT molecular complexity index is 397. The molecule has 0 bridgehead atoms. The summed E-state index contributed by atoms with van der Waals surface area (Å²) in [5.74, 6) is -0.878. The highest BCUT2D eigenvalue weighted by molar-refractivity contribution is 5.81. The van der Waals surface area contributed by atoms with Crippen molar-refractivity contribution in [3.8, 4) is 0 Å². The number of amides is 3. The zero-order chi connectivity index (χ0) is 14.5. The normalized spacial score (nSPS) is 22.2. The van der Waals surface area contributed by atoms with Crippen molar-refractivity contribution >= 4 is 17.9 Å². The predicted octanol–water partition coefficient (Wildman–Crippen LogP) is -0.992. The number of nitrogens with zero attached hydrogens (tertiary/aromatic N) is 1. The van der Waals surface area contributed by atoms with Gasteiger partial charge in [0.1, 0.15) is 0 Å². The van der Waals surface area contributed by atoms with Crippen LogP contribution in [0.25, 0.3) is 0 Å². The van der Waals surface area contributed by atoms with Crippen LogP contribution in [0.3, 0.4) is 0 Å². The third-order valence-electron chi connectivity index (χ3n) is 3.28. The van der Waals surface area contributed by atoms with Gasteiger partial charge in [-0.15, -0.1) is 0 Å². The second-order valence-corrected chi connectivity index (χ2v) is 4.94. The molecule has 0 spiro atoms. The lowest BCUT2D eigenvalue weighted by Crippen LogP contribution is -2.52. The quantitative estimate of drug-likeness (QED) is 0.562. The molecule has 1 aliphatic heterocycles. The summed E-state index contributed by atoms with van der Waals surface area (Å²) in [4.78, 5) is 35.4. The molecule has 2 aliphatic rings. The number of rotatable bonds is 5. The first kappa shape index (κ1) is 14.6. The van der Waals surface area contributed by atoms with Crippen molar-refractivity contribution in [3.63, 3.8) is 0 Å². The Morgan fingerprint density at radius 1 is 1.20 bits per heavy atom. The summed E-state index contributed by atoms with van der Waals surface area (Å²) in [7, 11) is 0. The van der Waals surface area contributed by atoms with Crippen LogP contribution < -0.4 is 10.6 Å². The number of hydrogen-bond acceptors (Lipinski definition) is 4. The molecule has 112 valence electrons. The fraction of sp³-hybridized carbons (Fsp3) is 0.750. The maximum atomic E-state index is 11.8. The third kappa shape index (κ3) is 4.09. The van der Waals surface area contributed by atoms with Crippen LogP contribution in [-0.2, 0) is 14.3 Å². The highest BCUT2D eigenvalue weighted by Gasteiger charge is 2.30. The topological polar surface area (TPSA) is 108 Å². The summed E-state index contributed by atoms with van der Waals surface area (Å²) in [6, 6.07) is -0.333. The third-order valence-corrected chi connectivity index (χ3v) is 3.28. The SMILES string of the molecule is O=C(NCCNC(=O)N1CCOC(C(=O)O)C1)C1CC1. The van der Waals surface area contributed by atoms with Gasteiger partial charge in [-0.1, -0.05) is 0 Å². The first-order valence-corrected chi connectivity index (χ1v) is 6.73. The molecular weight excluding hydrogens is 266 g/mol. The minimum absolute atomic E-state index is 0.0373. The van der Waals surface area contributed by atoms with E-state index in [1.165, 1.54) is 4.90 Å². The van der Waals surface area contributed by atoms with Crippen molar-refractivity contribution in [2.24, 2.45) is 5.92 Å². The van der Waals surface area contributed by atoms with E-state index in [4.69, 9.17) is 9.84 Å². The molecular formula is C12H19N3O5. The van der Waals surface area contributed by atoms with Crippen molar-refractivity contribution < 1.29 is 24.2 Å². The summed E-state index contributed by atoms with van der Waals surface area (Å²) in [5.41, 5.74) is 0. The number of hydrogen-bond donors (Lipinski definition) is 3. The second-order valence-electron chi connectivity index (χ2n) is 4.94. The zero-order valence-corrected chi connectivity index (χ0v) is 11.1. The Labute approximate surface area is 116 Å². The summed E-state index contributed by atoms with van der Waals surface area (Å²) < 4.78 is 5.03. The Hall–Kier alpha value is -1.83. The monoisotopic (exact) mass is 285 g/mol. The minimum Gasteiger partial charge on any atom is -0.479 e. The summed E-state index contributed by atoms with van der Waals surface area (Å²) in [5, 5.41) is 14.2. The van der Waals surface area contributed by atoms with E-state index >= 15 is 0 Å². The van der Waals surface area contributed by atoms with E-state index in [1.807, 2.05) is 0 Å². The summed E-state index contributed by atoms with van der Waals surface area (Å²) >= 11 is 0. The lowest BCUT2D eigenvalue weighted by atomic mass is 10.3. The van der Waals surface area contributed by atoms with E-state index in [1.54, 1.807) is 0 Å². The molecule has 3 N–H and O–H groups in total. The molecule has 8 heteroatoms. The fourth-order valence-corrected chi connectivity index (χ4v) is 1.94. The summed E-state index contributed by atoms with van der Waals surface area (Å²) in [6.45, 7) is 1.32. The van der Waals surface area contributed by atoms with E-state index < -0.39 is 12.1 Å². The number of aliphatic carboxylic acids is 1. The molecule has 2 fully saturated rings. The van der Waals surface area contributed by atoms with Crippen LogP contribution in [0.5, 0.6) is 0 Å². The number of urea groups is 1. The van der Waals surface area contributed by atoms with E-state index in [9.17, 15) is 14.4 Å². The van der Waals surface area contributed by atoms with Crippen molar-refractivity contribution in [1.29, 1.82) is 0 Å². The van der Waals surface area contributed by atoms with Gasteiger partial charge in [-0.25, -0.2) is 9.59 Å². The van der Waals surface area contributed by atoms with Crippen LogP contribution >= 0.6 is 0 Å². The summed E-state index contributed by atoms with van der Waals surface area (Å²) in [6.07, 6.45) is 0.925. The number of carbonyl (C=O) groups is 3. The second kappa shape index (κ2) is 6.56. The van der Waals surface area contributed by atoms with Crippen LogP contribution in [0.15, 0.2) is 0 Å². The first-order valence-electron chi connectivity index (χ1n) is 6.73. The number of nitrogens with one attached hydrogen (secondary N) is 2. The van der Waals surface area contributed by atoms with Gasteiger partial charge in [-0.3, -0.25) is 4.79 Å². The van der Waals surface area contributed by atoms with Gasteiger partial charge < -0.3 is 25.4 Å². The molecule has 20 heavy (non-hydrogen) atoms. The van der Waals surface area contributed by atoms with Gasteiger partial charge in [0.15, 0.2) is 6.10 Å². The number of carbonyl (C=O) groups excluding carboxylic acids is 2. The molecule has 1 atom stereocenters. The molecule has 1 saturated heterocycles.